The number of aromatic nitrogens is 2. The Balaban J connectivity index is 1.41. The summed E-state index contributed by atoms with van der Waals surface area (Å²) < 4.78 is 32.2. The second-order valence-corrected chi connectivity index (χ2v) is 11.4. The highest BCUT2D eigenvalue weighted by Gasteiger charge is 2.45. The van der Waals surface area contributed by atoms with Crippen molar-refractivity contribution in [2.75, 3.05) is 47.7 Å². The first-order valence-electron chi connectivity index (χ1n) is 14.9. The van der Waals surface area contributed by atoms with E-state index in [1.807, 2.05) is 17.9 Å². The molecule has 1 unspecified atom stereocenters. The lowest BCUT2D eigenvalue weighted by Gasteiger charge is -2.49. The second kappa shape index (κ2) is 12.9. The fourth-order valence-electron chi connectivity index (χ4n) is 6.78. The number of aliphatic imine (C=N–C) groups is 1. The lowest BCUT2D eigenvalue weighted by molar-refractivity contribution is -0.0106. The smallest absolute Gasteiger partial charge is 0.257 e. The number of amides is 1. The van der Waals surface area contributed by atoms with Gasteiger partial charge in [0.15, 0.2) is 0 Å². The second-order valence-electron chi connectivity index (χ2n) is 11.4. The summed E-state index contributed by atoms with van der Waals surface area (Å²) in [5, 5.41) is 4.45. The number of carbonyl (C=O) groups is 1. The summed E-state index contributed by atoms with van der Waals surface area (Å²) in [5.74, 6) is 1.42. The van der Waals surface area contributed by atoms with Gasteiger partial charge in [-0.05, 0) is 74.5 Å². The summed E-state index contributed by atoms with van der Waals surface area (Å²) in [6.45, 7) is 9.23. The van der Waals surface area contributed by atoms with Crippen LogP contribution in [0.2, 0.25) is 0 Å². The molecule has 2 aliphatic rings. The van der Waals surface area contributed by atoms with Crippen LogP contribution in [-0.2, 0) is 11.3 Å². The van der Waals surface area contributed by atoms with E-state index in [4.69, 9.17) is 19.2 Å². The van der Waals surface area contributed by atoms with Crippen molar-refractivity contribution in [1.82, 2.24) is 19.6 Å². The van der Waals surface area contributed by atoms with Gasteiger partial charge in [-0.2, -0.15) is 5.10 Å². The molecule has 0 saturated carbocycles. The van der Waals surface area contributed by atoms with Crippen LogP contribution in [-0.4, -0.2) is 84.4 Å². The molecule has 1 aromatic heterocycles. The number of ether oxygens (including phenoxy) is 3. The predicted octanol–water partition coefficient (Wildman–Crippen LogP) is 5.39. The molecule has 3 aromatic rings. The molecule has 1 atom stereocenters. The summed E-state index contributed by atoms with van der Waals surface area (Å²) in [5.41, 5.74) is 5.08. The van der Waals surface area contributed by atoms with Crippen molar-refractivity contribution in [3.63, 3.8) is 0 Å². The Morgan fingerprint density at radius 3 is 2.47 bits per heavy atom. The standard InChI is InChI=1S/C33H42FN5O4/c1-7-38(21-41-4)33(30-16-22(2)31-24(19-35-30)17-27(42-5)18-29(31)43-6)12-14-37(15-13-33)32(40)28-20-36-39(23(28)3)26-10-8-25(34)9-11-26/h8-11,17-18,20,22H,7,12-16,19,21H2,1-6H3. The minimum absolute atomic E-state index is 0.0466. The lowest BCUT2D eigenvalue weighted by atomic mass is 9.77. The van der Waals surface area contributed by atoms with Crippen molar-refractivity contribution in [3.8, 4) is 17.2 Å². The lowest BCUT2D eigenvalue weighted by Crippen LogP contribution is -2.61. The van der Waals surface area contributed by atoms with E-state index >= 15 is 0 Å². The zero-order valence-electron chi connectivity index (χ0n) is 26.0. The van der Waals surface area contributed by atoms with Crippen molar-refractivity contribution >= 4 is 11.6 Å². The molecule has 0 bridgehead atoms. The van der Waals surface area contributed by atoms with Gasteiger partial charge in [-0.15, -0.1) is 0 Å². The Labute approximate surface area is 253 Å². The number of carbonyl (C=O) groups excluding carboxylic acids is 1. The van der Waals surface area contributed by atoms with Crippen LogP contribution in [0, 0.1) is 12.7 Å². The molecule has 2 aliphatic heterocycles. The van der Waals surface area contributed by atoms with Crippen LogP contribution >= 0.6 is 0 Å². The molecule has 1 fully saturated rings. The van der Waals surface area contributed by atoms with Gasteiger partial charge in [0.05, 0.1) is 56.2 Å². The van der Waals surface area contributed by atoms with Crippen molar-refractivity contribution in [3.05, 3.63) is 70.8 Å². The molecule has 2 aromatic carbocycles. The summed E-state index contributed by atoms with van der Waals surface area (Å²) in [6.07, 6.45) is 3.88. The highest BCUT2D eigenvalue weighted by atomic mass is 19.1. The van der Waals surface area contributed by atoms with Crippen LogP contribution in [0.15, 0.2) is 47.6 Å². The third-order valence-corrected chi connectivity index (χ3v) is 9.09. The molecule has 1 saturated heterocycles. The van der Waals surface area contributed by atoms with E-state index in [9.17, 15) is 9.18 Å². The maximum absolute atomic E-state index is 13.8. The number of hydrogen-bond acceptors (Lipinski definition) is 7. The molecule has 0 aliphatic carbocycles. The Morgan fingerprint density at radius 2 is 1.84 bits per heavy atom. The van der Waals surface area contributed by atoms with Gasteiger partial charge in [-0.1, -0.05) is 13.8 Å². The Bertz CT molecular complexity index is 1480. The molecular formula is C33H42FN5O4. The molecule has 0 spiro atoms. The van der Waals surface area contributed by atoms with Gasteiger partial charge in [0.1, 0.15) is 17.3 Å². The van der Waals surface area contributed by atoms with Gasteiger partial charge < -0.3 is 19.1 Å². The van der Waals surface area contributed by atoms with Crippen LogP contribution in [0.3, 0.4) is 0 Å². The molecule has 0 N–H and O–H groups in total. The van der Waals surface area contributed by atoms with E-state index in [2.05, 4.69) is 29.9 Å². The Hall–Kier alpha value is -3.76. The zero-order valence-corrected chi connectivity index (χ0v) is 26.0. The summed E-state index contributed by atoms with van der Waals surface area (Å²) in [6, 6.07) is 10.1. The van der Waals surface area contributed by atoms with E-state index in [1.54, 1.807) is 44.3 Å². The van der Waals surface area contributed by atoms with Gasteiger partial charge in [0, 0.05) is 37.5 Å². The fourth-order valence-corrected chi connectivity index (χ4v) is 6.78. The van der Waals surface area contributed by atoms with E-state index < -0.39 is 0 Å². The molecule has 10 heteroatoms. The summed E-state index contributed by atoms with van der Waals surface area (Å²) in [7, 11) is 5.09. The minimum atomic E-state index is -0.345. The third-order valence-electron chi connectivity index (χ3n) is 9.09. The number of nitrogens with zero attached hydrogens (tertiary/aromatic N) is 5. The van der Waals surface area contributed by atoms with E-state index in [-0.39, 0.29) is 23.2 Å². The third kappa shape index (κ3) is 5.78. The van der Waals surface area contributed by atoms with Crippen molar-refractivity contribution in [2.24, 2.45) is 4.99 Å². The molecule has 230 valence electrons. The van der Waals surface area contributed by atoms with Crippen molar-refractivity contribution in [2.45, 2.75) is 58.0 Å². The van der Waals surface area contributed by atoms with E-state index in [0.29, 0.717) is 37.6 Å². The van der Waals surface area contributed by atoms with Gasteiger partial charge in [0.25, 0.3) is 5.91 Å². The molecular weight excluding hydrogens is 549 g/mol. The normalized spacial score (nSPS) is 18.2. The largest absolute Gasteiger partial charge is 0.497 e. The number of piperidine rings is 1. The number of halogens is 1. The molecule has 0 radical (unpaired) electrons. The first kappa shape index (κ1) is 30.7. The first-order chi connectivity index (χ1) is 20.8. The number of fused-ring (bicyclic) bond motifs is 1. The maximum atomic E-state index is 13.8. The number of likely N-dealkylation sites (tertiary alicyclic amines) is 1. The molecule has 5 rings (SSSR count). The average molecular weight is 592 g/mol. The van der Waals surface area contributed by atoms with Gasteiger partial charge in [-0.3, -0.25) is 14.7 Å². The van der Waals surface area contributed by atoms with Crippen molar-refractivity contribution in [1.29, 1.82) is 0 Å². The first-order valence-corrected chi connectivity index (χ1v) is 14.9. The van der Waals surface area contributed by atoms with Crippen LogP contribution < -0.4 is 9.47 Å². The Morgan fingerprint density at radius 1 is 1.12 bits per heavy atom. The summed E-state index contributed by atoms with van der Waals surface area (Å²) >= 11 is 0. The van der Waals surface area contributed by atoms with E-state index in [1.165, 1.54) is 17.7 Å². The molecule has 9 nitrogen and oxygen atoms in total. The monoisotopic (exact) mass is 591 g/mol. The number of benzene rings is 2. The van der Waals surface area contributed by atoms with Crippen LogP contribution in [0.5, 0.6) is 11.5 Å². The molecule has 3 heterocycles. The highest BCUT2D eigenvalue weighted by Crippen LogP contribution is 2.42. The highest BCUT2D eigenvalue weighted by molar-refractivity contribution is 5.97. The zero-order chi connectivity index (χ0) is 30.7. The number of hydrogen-bond donors (Lipinski definition) is 0. The summed E-state index contributed by atoms with van der Waals surface area (Å²) in [4.78, 5) is 23.3. The SMILES string of the molecule is CCN(COC)C1(C2=NCc3cc(OC)cc(OC)c3C(C)C2)CCN(C(=O)c2cnn(-c3ccc(F)cc3)c2C)CC1. The Kier molecular flexibility index (Phi) is 9.17. The molecule has 1 amide bonds. The van der Waals surface area contributed by atoms with Crippen LogP contribution in [0.1, 0.15) is 66.2 Å². The topological polar surface area (TPSA) is 81.4 Å². The van der Waals surface area contributed by atoms with Gasteiger partial charge >= 0.3 is 0 Å². The average Bonchev–Trinajstić information content (AvgIpc) is 3.32. The maximum Gasteiger partial charge on any atom is 0.257 e. The van der Waals surface area contributed by atoms with Crippen molar-refractivity contribution < 1.29 is 23.4 Å². The van der Waals surface area contributed by atoms with Gasteiger partial charge in [-0.25, -0.2) is 9.07 Å². The minimum Gasteiger partial charge on any atom is -0.497 e. The van der Waals surface area contributed by atoms with Crippen LogP contribution in [0.4, 0.5) is 4.39 Å². The predicted molar refractivity (Wildman–Crippen MR) is 164 cm³/mol. The fraction of sp³-hybridized carbons (Fsp3) is 0.485. The number of methoxy groups -OCH3 is 3. The number of rotatable bonds is 9. The van der Waals surface area contributed by atoms with Gasteiger partial charge in [0.2, 0.25) is 0 Å². The molecule has 43 heavy (non-hydrogen) atoms. The van der Waals surface area contributed by atoms with Crippen LogP contribution in [0.25, 0.3) is 5.69 Å². The quantitative estimate of drug-likeness (QED) is 0.311. The van der Waals surface area contributed by atoms with E-state index in [0.717, 1.165) is 54.3 Å².